The molecular weight excluding hydrogens is 204 g/mol. The summed E-state index contributed by atoms with van der Waals surface area (Å²) in [4.78, 5) is 0. The van der Waals surface area contributed by atoms with E-state index >= 15 is 0 Å². The number of unbranched alkanes of at least 4 members (excludes halogenated alkanes) is 7. The van der Waals surface area contributed by atoms with E-state index in [4.69, 9.17) is 0 Å². The molecule has 0 saturated heterocycles. The van der Waals surface area contributed by atoms with Crippen molar-refractivity contribution in [3.63, 3.8) is 0 Å². The fourth-order valence-corrected chi connectivity index (χ4v) is 3.28. The minimum atomic E-state index is -1.04. The second-order valence-corrected chi connectivity index (χ2v) is 12.8. The zero-order chi connectivity index (χ0) is 10.9. The van der Waals surface area contributed by atoms with Crippen molar-refractivity contribution < 1.29 is 0 Å². The van der Waals surface area contributed by atoms with E-state index in [1.165, 1.54) is 57.4 Å². The summed E-state index contributed by atoms with van der Waals surface area (Å²) in [5.74, 6) is 0. The van der Waals surface area contributed by atoms with Crippen molar-refractivity contribution in [1.29, 1.82) is 0 Å². The van der Waals surface area contributed by atoms with E-state index in [-0.39, 0.29) is 0 Å². The average Bonchev–Trinajstić information content (AvgIpc) is 2.08. The Morgan fingerprint density at radius 1 is 0.786 bits per heavy atom. The molecule has 0 amide bonds. The van der Waals surface area contributed by atoms with Crippen molar-refractivity contribution in [2.45, 2.75) is 77.4 Å². The lowest BCUT2D eigenvalue weighted by molar-refractivity contribution is 0.584. The first-order chi connectivity index (χ1) is 6.56. The van der Waals surface area contributed by atoms with Gasteiger partial charge in [0.2, 0.25) is 0 Å². The molecule has 0 unspecified atom stereocenters. The minimum Gasteiger partial charge on any atom is -0.202 e. The second-order valence-electron chi connectivity index (χ2n) is 5.04. The standard InChI is InChI=1S/C12H28SSi/c1-4-5-6-7-8-9-10-11-12-14(2,3)13/h13H,4-12H2,1-3H3. The molecule has 0 aliphatic heterocycles. The summed E-state index contributed by atoms with van der Waals surface area (Å²) in [6, 6.07) is 1.39. The van der Waals surface area contributed by atoms with E-state index < -0.39 is 7.22 Å². The first-order valence-electron chi connectivity index (χ1n) is 6.28. The number of hydrogen-bond acceptors (Lipinski definition) is 1. The van der Waals surface area contributed by atoms with Crippen molar-refractivity contribution >= 4 is 19.3 Å². The minimum absolute atomic E-state index is 1.04. The molecule has 0 aliphatic rings. The maximum Gasteiger partial charge on any atom is 0.107 e. The van der Waals surface area contributed by atoms with Gasteiger partial charge in [0.05, 0.1) is 0 Å². The summed E-state index contributed by atoms with van der Waals surface area (Å²) in [5, 5.41) is 0. The van der Waals surface area contributed by atoms with Crippen LogP contribution in [0.15, 0.2) is 0 Å². The highest BCUT2D eigenvalue weighted by Gasteiger charge is 2.12. The van der Waals surface area contributed by atoms with E-state index in [1.54, 1.807) is 0 Å². The molecule has 0 rings (SSSR count). The van der Waals surface area contributed by atoms with E-state index in [0.717, 1.165) is 0 Å². The topological polar surface area (TPSA) is 0 Å². The molecule has 0 aromatic heterocycles. The average molecular weight is 233 g/mol. The Kier molecular flexibility index (Phi) is 9.20. The van der Waals surface area contributed by atoms with Crippen LogP contribution >= 0.6 is 12.1 Å². The van der Waals surface area contributed by atoms with Gasteiger partial charge in [-0.2, -0.15) is 0 Å². The zero-order valence-corrected chi connectivity index (χ0v) is 12.2. The number of hydrogen-bond donors (Lipinski definition) is 1. The predicted molar refractivity (Wildman–Crippen MR) is 73.9 cm³/mol. The summed E-state index contributed by atoms with van der Waals surface area (Å²) >= 11 is 4.66. The van der Waals surface area contributed by atoms with Crippen molar-refractivity contribution in [2.24, 2.45) is 0 Å². The molecule has 0 fully saturated rings. The van der Waals surface area contributed by atoms with Crippen LogP contribution in [0.2, 0.25) is 19.1 Å². The molecular formula is C12H28SSi. The van der Waals surface area contributed by atoms with Gasteiger partial charge in [0.25, 0.3) is 0 Å². The molecule has 86 valence electrons. The maximum atomic E-state index is 4.66. The fraction of sp³-hybridized carbons (Fsp3) is 1.00. The van der Waals surface area contributed by atoms with Gasteiger partial charge in [-0.05, 0) is 6.04 Å². The third-order valence-electron chi connectivity index (χ3n) is 2.64. The molecule has 0 aromatic carbocycles. The van der Waals surface area contributed by atoms with Crippen molar-refractivity contribution in [2.75, 3.05) is 0 Å². The van der Waals surface area contributed by atoms with Gasteiger partial charge >= 0.3 is 0 Å². The van der Waals surface area contributed by atoms with E-state index in [1.807, 2.05) is 0 Å². The van der Waals surface area contributed by atoms with Crippen molar-refractivity contribution in [3.8, 4) is 0 Å². The Bertz CT molecular complexity index is 118. The van der Waals surface area contributed by atoms with Crippen LogP contribution in [0.25, 0.3) is 0 Å². The highest BCUT2D eigenvalue weighted by molar-refractivity contribution is 8.14. The molecule has 0 atom stereocenters. The van der Waals surface area contributed by atoms with Gasteiger partial charge in [-0.3, -0.25) is 0 Å². The summed E-state index contributed by atoms with van der Waals surface area (Å²) in [6.45, 7) is 6.97. The summed E-state index contributed by atoms with van der Waals surface area (Å²) in [5.41, 5.74) is 0. The third kappa shape index (κ3) is 12.6. The molecule has 0 nitrogen and oxygen atoms in total. The van der Waals surface area contributed by atoms with Crippen LogP contribution in [0.4, 0.5) is 0 Å². The van der Waals surface area contributed by atoms with Crippen molar-refractivity contribution in [3.05, 3.63) is 0 Å². The molecule has 0 aromatic rings. The molecule has 0 bridgehead atoms. The molecule has 0 N–H and O–H groups in total. The van der Waals surface area contributed by atoms with Gasteiger partial charge in [0.15, 0.2) is 0 Å². The van der Waals surface area contributed by atoms with Crippen LogP contribution in [-0.2, 0) is 0 Å². The predicted octanol–water partition coefficient (Wildman–Crippen LogP) is 5.26. The molecule has 0 spiro atoms. The summed E-state index contributed by atoms with van der Waals surface area (Å²) in [7, 11) is -1.04. The summed E-state index contributed by atoms with van der Waals surface area (Å²) < 4.78 is 0. The first-order valence-corrected chi connectivity index (χ1v) is 10.8. The summed E-state index contributed by atoms with van der Waals surface area (Å²) in [6.07, 6.45) is 11.4. The zero-order valence-electron chi connectivity index (χ0n) is 10.3. The van der Waals surface area contributed by atoms with E-state index in [2.05, 4.69) is 32.1 Å². The van der Waals surface area contributed by atoms with Crippen LogP contribution in [-0.4, -0.2) is 7.22 Å². The van der Waals surface area contributed by atoms with E-state index in [9.17, 15) is 0 Å². The lowest BCUT2D eigenvalue weighted by Crippen LogP contribution is -2.15. The maximum absolute atomic E-state index is 4.66. The number of thiol groups is 1. The Balaban J connectivity index is 2.99. The van der Waals surface area contributed by atoms with Crippen molar-refractivity contribution in [1.82, 2.24) is 0 Å². The monoisotopic (exact) mass is 232 g/mol. The molecule has 14 heavy (non-hydrogen) atoms. The Labute approximate surface area is 96.9 Å². The van der Waals surface area contributed by atoms with Gasteiger partial charge in [0.1, 0.15) is 7.22 Å². The normalized spacial score (nSPS) is 12.0. The van der Waals surface area contributed by atoms with Crippen LogP contribution in [0.3, 0.4) is 0 Å². The molecule has 0 saturated carbocycles. The van der Waals surface area contributed by atoms with Crippen LogP contribution in [0, 0.1) is 0 Å². The second kappa shape index (κ2) is 8.84. The van der Waals surface area contributed by atoms with Gasteiger partial charge in [0, 0.05) is 0 Å². The lowest BCUT2D eigenvalue weighted by Gasteiger charge is -2.13. The molecule has 0 heterocycles. The fourth-order valence-electron chi connectivity index (χ4n) is 1.69. The number of rotatable bonds is 9. The molecule has 0 radical (unpaired) electrons. The first kappa shape index (κ1) is 14.6. The van der Waals surface area contributed by atoms with E-state index in [0.29, 0.717) is 0 Å². The van der Waals surface area contributed by atoms with Crippen LogP contribution < -0.4 is 0 Å². The Morgan fingerprint density at radius 2 is 1.21 bits per heavy atom. The third-order valence-corrected chi connectivity index (χ3v) is 4.89. The van der Waals surface area contributed by atoms with Gasteiger partial charge in [-0.25, -0.2) is 12.1 Å². The highest BCUT2D eigenvalue weighted by atomic mass is 32.3. The van der Waals surface area contributed by atoms with Gasteiger partial charge < -0.3 is 0 Å². The largest absolute Gasteiger partial charge is 0.202 e. The SMILES string of the molecule is CCCCCCCCCC[Si](C)(C)S. The molecule has 2 heteroatoms. The quantitative estimate of drug-likeness (QED) is 0.313. The van der Waals surface area contributed by atoms with Gasteiger partial charge in [-0.1, -0.05) is 71.4 Å². The van der Waals surface area contributed by atoms with Gasteiger partial charge in [-0.15, -0.1) is 0 Å². The lowest BCUT2D eigenvalue weighted by atomic mass is 10.1. The Morgan fingerprint density at radius 3 is 1.64 bits per heavy atom. The Hall–Kier alpha value is 0.567. The van der Waals surface area contributed by atoms with Crippen LogP contribution in [0.1, 0.15) is 58.3 Å². The molecule has 0 aliphatic carbocycles. The highest BCUT2D eigenvalue weighted by Crippen LogP contribution is 2.18. The van der Waals surface area contributed by atoms with Crippen LogP contribution in [0.5, 0.6) is 0 Å². The smallest absolute Gasteiger partial charge is 0.107 e.